The van der Waals surface area contributed by atoms with Crippen LogP contribution >= 0.6 is 11.6 Å². The molecule has 0 unspecified atom stereocenters. The van der Waals surface area contributed by atoms with E-state index >= 15 is 0 Å². The van der Waals surface area contributed by atoms with Crippen LogP contribution in [-0.2, 0) is 0 Å². The van der Waals surface area contributed by atoms with Crippen LogP contribution in [0.2, 0.25) is 0 Å². The van der Waals surface area contributed by atoms with Gasteiger partial charge >= 0.3 is 0 Å². The highest BCUT2D eigenvalue weighted by molar-refractivity contribution is 6.17. The van der Waals surface area contributed by atoms with E-state index in [9.17, 15) is 9.18 Å². The molecule has 0 heterocycles. The van der Waals surface area contributed by atoms with E-state index < -0.39 is 5.82 Å². The number of ketones is 1. The zero-order valence-electron chi connectivity index (χ0n) is 9.13. The van der Waals surface area contributed by atoms with Crippen LogP contribution in [0.3, 0.4) is 0 Å². The van der Waals surface area contributed by atoms with Crippen LogP contribution < -0.4 is 4.74 Å². The third-order valence-electron chi connectivity index (χ3n) is 2.26. The Bertz CT molecular complexity index is 366. The first kappa shape index (κ1) is 13.0. The van der Waals surface area contributed by atoms with Crippen molar-refractivity contribution in [1.82, 2.24) is 0 Å². The van der Waals surface area contributed by atoms with E-state index in [2.05, 4.69) is 0 Å². The van der Waals surface area contributed by atoms with Crippen LogP contribution in [0.4, 0.5) is 4.39 Å². The number of rotatable bonds is 6. The molecule has 1 rings (SSSR count). The molecule has 0 aliphatic carbocycles. The summed E-state index contributed by atoms with van der Waals surface area (Å²) in [6.45, 7) is 0. The molecule has 0 aliphatic heterocycles. The number of alkyl halides is 1. The Labute approximate surface area is 99.4 Å². The standard InChI is InChI=1S/C12H14ClFO2/c1-16-12-9(5-4-6-10(12)14)11(15)7-2-3-8-13/h4-6H,2-3,7-8H2,1H3. The lowest BCUT2D eigenvalue weighted by atomic mass is 10.0. The van der Waals surface area contributed by atoms with E-state index in [0.29, 0.717) is 24.3 Å². The van der Waals surface area contributed by atoms with Crippen molar-refractivity contribution in [1.29, 1.82) is 0 Å². The zero-order chi connectivity index (χ0) is 12.0. The van der Waals surface area contributed by atoms with Gasteiger partial charge in [0.05, 0.1) is 12.7 Å². The summed E-state index contributed by atoms with van der Waals surface area (Å²) >= 11 is 5.52. The zero-order valence-corrected chi connectivity index (χ0v) is 9.89. The van der Waals surface area contributed by atoms with Crippen molar-refractivity contribution in [2.24, 2.45) is 0 Å². The maximum absolute atomic E-state index is 13.3. The fraction of sp³-hybridized carbons (Fsp3) is 0.417. The molecule has 4 heteroatoms. The molecule has 0 fully saturated rings. The summed E-state index contributed by atoms with van der Waals surface area (Å²) < 4.78 is 18.2. The molecule has 0 saturated carbocycles. The van der Waals surface area contributed by atoms with Gasteiger partial charge in [-0.15, -0.1) is 11.6 Å². The van der Waals surface area contributed by atoms with Crippen molar-refractivity contribution in [3.63, 3.8) is 0 Å². The lowest BCUT2D eigenvalue weighted by Crippen LogP contribution is -2.03. The molecule has 0 atom stereocenters. The minimum atomic E-state index is -0.509. The number of benzene rings is 1. The van der Waals surface area contributed by atoms with E-state index in [1.165, 1.54) is 19.2 Å². The van der Waals surface area contributed by atoms with Gasteiger partial charge in [0.15, 0.2) is 17.3 Å². The fourth-order valence-corrected chi connectivity index (χ4v) is 1.64. The van der Waals surface area contributed by atoms with Gasteiger partial charge in [-0.1, -0.05) is 6.07 Å². The van der Waals surface area contributed by atoms with Gasteiger partial charge in [0, 0.05) is 12.3 Å². The van der Waals surface area contributed by atoms with E-state index in [1.807, 2.05) is 0 Å². The van der Waals surface area contributed by atoms with E-state index in [0.717, 1.165) is 6.42 Å². The molecule has 0 aromatic heterocycles. The molecule has 0 spiro atoms. The van der Waals surface area contributed by atoms with Gasteiger partial charge < -0.3 is 4.74 Å². The van der Waals surface area contributed by atoms with Gasteiger partial charge in [-0.05, 0) is 25.0 Å². The number of para-hydroxylation sites is 1. The Morgan fingerprint density at radius 2 is 2.19 bits per heavy atom. The third kappa shape index (κ3) is 3.20. The molecule has 2 nitrogen and oxygen atoms in total. The average Bonchev–Trinajstić information content (AvgIpc) is 2.29. The highest BCUT2D eigenvalue weighted by Gasteiger charge is 2.14. The largest absolute Gasteiger partial charge is 0.493 e. The molecule has 0 amide bonds. The number of unbranched alkanes of at least 4 members (excludes halogenated alkanes) is 1. The second kappa shape index (κ2) is 6.48. The molecule has 16 heavy (non-hydrogen) atoms. The number of hydrogen-bond donors (Lipinski definition) is 0. The highest BCUT2D eigenvalue weighted by Crippen LogP contribution is 2.23. The average molecular weight is 245 g/mol. The summed E-state index contributed by atoms with van der Waals surface area (Å²) in [7, 11) is 1.36. The number of halogens is 2. The number of Topliss-reactive ketones (excluding diaryl/α,β-unsaturated/α-hetero) is 1. The SMILES string of the molecule is COc1c(F)cccc1C(=O)CCCCCl. The van der Waals surface area contributed by atoms with Crippen LogP contribution in [0.1, 0.15) is 29.6 Å². The topological polar surface area (TPSA) is 26.3 Å². The van der Waals surface area contributed by atoms with Crippen molar-refractivity contribution < 1.29 is 13.9 Å². The molecule has 0 radical (unpaired) electrons. The maximum atomic E-state index is 13.3. The summed E-state index contributed by atoms with van der Waals surface area (Å²) in [6, 6.07) is 4.35. The first-order chi connectivity index (χ1) is 7.70. The Kier molecular flexibility index (Phi) is 5.26. The Hall–Kier alpha value is -1.09. The summed E-state index contributed by atoms with van der Waals surface area (Å²) in [5.41, 5.74) is 0.303. The minimum absolute atomic E-state index is 0.0263. The molecule has 88 valence electrons. The maximum Gasteiger partial charge on any atom is 0.166 e. The van der Waals surface area contributed by atoms with Crippen LogP contribution in [0.25, 0.3) is 0 Å². The number of ether oxygens (including phenoxy) is 1. The van der Waals surface area contributed by atoms with Gasteiger partial charge in [-0.3, -0.25) is 4.79 Å². The summed E-state index contributed by atoms with van der Waals surface area (Å²) in [4.78, 5) is 11.8. The second-order valence-corrected chi connectivity index (χ2v) is 3.77. The third-order valence-corrected chi connectivity index (χ3v) is 2.53. The van der Waals surface area contributed by atoms with Crippen molar-refractivity contribution in [2.45, 2.75) is 19.3 Å². The Morgan fingerprint density at radius 3 is 2.81 bits per heavy atom. The van der Waals surface area contributed by atoms with Crippen LogP contribution in [0.15, 0.2) is 18.2 Å². The molecule has 0 saturated heterocycles. The summed E-state index contributed by atoms with van der Waals surface area (Å²) in [5.74, 6) is -0.0568. The number of hydrogen-bond acceptors (Lipinski definition) is 2. The summed E-state index contributed by atoms with van der Waals surface area (Å²) in [6.07, 6.45) is 1.86. The first-order valence-electron chi connectivity index (χ1n) is 5.12. The van der Waals surface area contributed by atoms with E-state index in [1.54, 1.807) is 6.07 Å². The smallest absolute Gasteiger partial charge is 0.166 e. The van der Waals surface area contributed by atoms with Gasteiger partial charge in [-0.2, -0.15) is 0 Å². The molecule has 0 N–H and O–H groups in total. The molecule has 0 aliphatic rings. The Morgan fingerprint density at radius 1 is 1.44 bits per heavy atom. The van der Waals surface area contributed by atoms with Gasteiger partial charge in [0.2, 0.25) is 0 Å². The van der Waals surface area contributed by atoms with Crippen LogP contribution in [-0.4, -0.2) is 18.8 Å². The summed E-state index contributed by atoms with van der Waals surface area (Å²) in [5, 5.41) is 0. The van der Waals surface area contributed by atoms with E-state index in [4.69, 9.17) is 16.3 Å². The Balaban J connectivity index is 2.78. The monoisotopic (exact) mass is 244 g/mol. The van der Waals surface area contributed by atoms with Crippen molar-refractivity contribution in [3.8, 4) is 5.75 Å². The number of carbonyl (C=O) groups excluding carboxylic acids is 1. The lowest BCUT2D eigenvalue weighted by Gasteiger charge is -2.07. The molecule has 1 aromatic rings. The fourth-order valence-electron chi connectivity index (χ4n) is 1.45. The normalized spacial score (nSPS) is 10.2. The second-order valence-electron chi connectivity index (χ2n) is 3.39. The van der Waals surface area contributed by atoms with Crippen molar-refractivity contribution >= 4 is 17.4 Å². The van der Waals surface area contributed by atoms with Crippen molar-refractivity contribution in [2.75, 3.05) is 13.0 Å². The predicted octanol–water partition coefficient (Wildman–Crippen LogP) is 3.43. The first-order valence-corrected chi connectivity index (χ1v) is 5.65. The lowest BCUT2D eigenvalue weighted by molar-refractivity contribution is 0.0976. The van der Waals surface area contributed by atoms with Crippen LogP contribution in [0.5, 0.6) is 5.75 Å². The van der Waals surface area contributed by atoms with Crippen LogP contribution in [0, 0.1) is 5.82 Å². The van der Waals surface area contributed by atoms with Gasteiger partial charge in [0.25, 0.3) is 0 Å². The van der Waals surface area contributed by atoms with Crippen molar-refractivity contribution in [3.05, 3.63) is 29.6 Å². The highest BCUT2D eigenvalue weighted by atomic mass is 35.5. The van der Waals surface area contributed by atoms with Gasteiger partial charge in [-0.25, -0.2) is 4.39 Å². The molecular formula is C12H14ClFO2. The molecule has 0 bridgehead atoms. The molecule has 1 aromatic carbocycles. The minimum Gasteiger partial charge on any atom is -0.493 e. The van der Waals surface area contributed by atoms with E-state index in [-0.39, 0.29) is 11.5 Å². The number of carbonyl (C=O) groups is 1. The molecular weight excluding hydrogens is 231 g/mol. The number of methoxy groups -OCH3 is 1. The van der Waals surface area contributed by atoms with Gasteiger partial charge in [0.1, 0.15) is 0 Å². The quantitative estimate of drug-likeness (QED) is 0.435. The predicted molar refractivity (Wildman–Crippen MR) is 61.9 cm³/mol.